The molecule has 0 aliphatic carbocycles. The normalized spacial score (nSPS) is 11.7. The number of thiophene rings is 1. The van der Waals surface area contributed by atoms with Crippen LogP contribution in [0.2, 0.25) is 0 Å². The number of carbonyl (C=O) groups is 2. The van der Waals surface area contributed by atoms with Gasteiger partial charge in [-0.25, -0.2) is 4.79 Å². The van der Waals surface area contributed by atoms with Crippen LogP contribution < -0.4 is 10.1 Å². The Hall–Kier alpha value is -3.16. The molecule has 0 aliphatic rings. The first-order chi connectivity index (χ1) is 15.4. The van der Waals surface area contributed by atoms with Crippen LogP contribution in [0.15, 0.2) is 54.6 Å². The molecular weight excluding hydrogens is 426 g/mol. The first-order valence-corrected chi connectivity index (χ1v) is 11.2. The van der Waals surface area contributed by atoms with Crippen molar-refractivity contribution >= 4 is 28.9 Å². The molecular formula is C25H27NO5S. The van der Waals surface area contributed by atoms with Crippen LogP contribution >= 0.6 is 11.3 Å². The Labute approximate surface area is 191 Å². The van der Waals surface area contributed by atoms with E-state index in [1.165, 1.54) is 6.92 Å². The third-order valence-electron chi connectivity index (χ3n) is 4.87. The van der Waals surface area contributed by atoms with E-state index in [-0.39, 0.29) is 5.91 Å². The Morgan fingerprint density at radius 2 is 1.78 bits per heavy atom. The van der Waals surface area contributed by atoms with Crippen LogP contribution in [0.1, 0.15) is 29.9 Å². The summed E-state index contributed by atoms with van der Waals surface area (Å²) in [5, 5.41) is 12.0. The zero-order valence-electron chi connectivity index (χ0n) is 18.4. The molecule has 0 aliphatic heterocycles. The minimum Gasteiger partial charge on any atom is -0.488 e. The molecule has 2 aromatic carbocycles. The highest BCUT2D eigenvalue weighted by atomic mass is 32.1. The summed E-state index contributed by atoms with van der Waals surface area (Å²) in [6.07, 6.45) is -0.524. The number of amides is 1. The Morgan fingerprint density at radius 3 is 2.38 bits per heavy atom. The summed E-state index contributed by atoms with van der Waals surface area (Å²) in [7, 11) is 0. The zero-order valence-corrected chi connectivity index (χ0v) is 19.2. The van der Waals surface area contributed by atoms with E-state index >= 15 is 0 Å². The van der Waals surface area contributed by atoms with Crippen molar-refractivity contribution in [2.24, 2.45) is 0 Å². The zero-order chi connectivity index (χ0) is 23.1. The van der Waals surface area contributed by atoms with Gasteiger partial charge >= 0.3 is 5.97 Å². The summed E-state index contributed by atoms with van der Waals surface area (Å²) < 4.78 is 11.2. The minimum atomic E-state index is -0.957. The Morgan fingerprint density at radius 1 is 1.09 bits per heavy atom. The number of carboxylic acid groups (broad SMARTS) is 1. The number of carbonyl (C=O) groups excluding carboxylic acids is 1. The van der Waals surface area contributed by atoms with Gasteiger partial charge in [0, 0.05) is 35.4 Å². The SMILES string of the molecule is CCO[C@@H](Cc1ccc(OCc2sc(-c3ccc(NC(C)=O)cc3)cc2C)cc1)C(=O)O. The largest absolute Gasteiger partial charge is 0.488 e. The monoisotopic (exact) mass is 453 g/mol. The number of aryl methyl sites for hydroxylation is 1. The number of benzene rings is 2. The molecule has 1 atom stereocenters. The minimum absolute atomic E-state index is 0.0896. The summed E-state index contributed by atoms with van der Waals surface area (Å²) in [6, 6.07) is 17.4. The van der Waals surface area contributed by atoms with Gasteiger partial charge in [-0.1, -0.05) is 24.3 Å². The van der Waals surface area contributed by atoms with Crippen molar-refractivity contribution < 1.29 is 24.2 Å². The number of hydrogen-bond donors (Lipinski definition) is 2. The molecule has 168 valence electrons. The topological polar surface area (TPSA) is 84.9 Å². The summed E-state index contributed by atoms with van der Waals surface area (Å²) in [5.41, 5.74) is 3.91. The van der Waals surface area contributed by atoms with E-state index in [9.17, 15) is 14.7 Å². The lowest BCUT2D eigenvalue weighted by Crippen LogP contribution is -2.26. The number of ether oxygens (including phenoxy) is 2. The molecule has 6 nitrogen and oxygen atoms in total. The van der Waals surface area contributed by atoms with E-state index in [1.54, 1.807) is 18.3 Å². The maximum atomic E-state index is 11.3. The lowest BCUT2D eigenvalue weighted by Gasteiger charge is -2.13. The highest BCUT2D eigenvalue weighted by Gasteiger charge is 2.18. The van der Waals surface area contributed by atoms with Gasteiger partial charge in [0.25, 0.3) is 0 Å². The van der Waals surface area contributed by atoms with Crippen LogP contribution in [-0.2, 0) is 27.4 Å². The van der Waals surface area contributed by atoms with Crippen molar-refractivity contribution in [1.82, 2.24) is 0 Å². The molecule has 0 unspecified atom stereocenters. The molecule has 3 aromatic rings. The number of anilines is 1. The van der Waals surface area contributed by atoms with Crippen LogP contribution in [0.5, 0.6) is 5.75 Å². The van der Waals surface area contributed by atoms with Gasteiger partial charge < -0.3 is 19.9 Å². The summed E-state index contributed by atoms with van der Waals surface area (Å²) in [5.74, 6) is -0.319. The van der Waals surface area contributed by atoms with E-state index < -0.39 is 12.1 Å². The predicted molar refractivity (Wildman–Crippen MR) is 126 cm³/mol. The first kappa shape index (κ1) is 23.5. The Kier molecular flexibility index (Phi) is 8.03. The van der Waals surface area contributed by atoms with Crippen molar-refractivity contribution in [3.05, 3.63) is 70.6 Å². The highest BCUT2D eigenvalue weighted by Crippen LogP contribution is 2.32. The van der Waals surface area contributed by atoms with Gasteiger partial charge in [0.2, 0.25) is 5.91 Å². The van der Waals surface area contributed by atoms with Crippen molar-refractivity contribution in [1.29, 1.82) is 0 Å². The second kappa shape index (κ2) is 10.9. The summed E-state index contributed by atoms with van der Waals surface area (Å²) in [6.45, 7) is 6.15. The average Bonchev–Trinajstić information content (AvgIpc) is 3.13. The fourth-order valence-electron chi connectivity index (χ4n) is 3.23. The van der Waals surface area contributed by atoms with E-state index in [2.05, 4.69) is 18.3 Å². The van der Waals surface area contributed by atoms with E-state index in [4.69, 9.17) is 9.47 Å². The molecule has 7 heteroatoms. The van der Waals surface area contributed by atoms with E-state index in [0.29, 0.717) is 19.6 Å². The molecule has 2 N–H and O–H groups in total. The third-order valence-corrected chi connectivity index (χ3v) is 6.13. The molecule has 1 amide bonds. The molecule has 3 rings (SSSR count). The molecule has 0 bridgehead atoms. The fraction of sp³-hybridized carbons (Fsp3) is 0.280. The molecule has 0 spiro atoms. The molecule has 0 saturated heterocycles. The Balaban J connectivity index is 1.61. The second-order valence-electron chi connectivity index (χ2n) is 7.39. The lowest BCUT2D eigenvalue weighted by atomic mass is 10.1. The maximum Gasteiger partial charge on any atom is 0.333 e. The first-order valence-electron chi connectivity index (χ1n) is 10.4. The van der Waals surface area contributed by atoms with Crippen molar-refractivity contribution in [3.8, 4) is 16.2 Å². The smallest absolute Gasteiger partial charge is 0.333 e. The second-order valence-corrected chi connectivity index (χ2v) is 8.53. The summed E-state index contributed by atoms with van der Waals surface area (Å²) in [4.78, 5) is 24.7. The quantitative estimate of drug-likeness (QED) is 0.436. The van der Waals surface area contributed by atoms with Crippen LogP contribution in [0, 0.1) is 6.92 Å². The fourth-order valence-corrected chi connectivity index (χ4v) is 4.32. The van der Waals surface area contributed by atoms with Gasteiger partial charge in [-0.3, -0.25) is 4.79 Å². The van der Waals surface area contributed by atoms with Gasteiger partial charge in [0.15, 0.2) is 6.10 Å². The van der Waals surface area contributed by atoms with Gasteiger partial charge in [-0.15, -0.1) is 11.3 Å². The Bertz CT molecular complexity index is 1060. The van der Waals surface area contributed by atoms with Gasteiger partial charge in [-0.05, 0) is 60.9 Å². The standard InChI is InChI=1S/C25H27NO5S/c1-4-30-22(25(28)29)14-18-5-11-21(12-6-18)31-15-24-16(2)13-23(32-24)19-7-9-20(10-8-19)26-17(3)27/h5-13,22H,4,14-15H2,1-3H3,(H,26,27)(H,28,29)/t22-/m0/s1. The number of aliphatic carboxylic acids is 1. The van der Waals surface area contributed by atoms with Crippen LogP contribution in [-0.4, -0.2) is 29.7 Å². The predicted octanol–water partition coefficient (Wildman–Crippen LogP) is 5.29. The van der Waals surface area contributed by atoms with Crippen LogP contribution in [0.4, 0.5) is 5.69 Å². The molecule has 0 radical (unpaired) electrons. The van der Waals surface area contributed by atoms with Crippen molar-refractivity contribution in [2.45, 2.75) is 39.9 Å². The van der Waals surface area contributed by atoms with Gasteiger partial charge in [0.05, 0.1) is 0 Å². The van der Waals surface area contributed by atoms with Gasteiger partial charge in [0.1, 0.15) is 12.4 Å². The third kappa shape index (κ3) is 6.42. The molecule has 0 saturated carbocycles. The van der Waals surface area contributed by atoms with Crippen LogP contribution in [0.25, 0.3) is 10.4 Å². The van der Waals surface area contributed by atoms with Gasteiger partial charge in [-0.2, -0.15) is 0 Å². The maximum absolute atomic E-state index is 11.3. The number of hydrogen-bond acceptors (Lipinski definition) is 5. The van der Waals surface area contributed by atoms with Crippen molar-refractivity contribution in [2.75, 3.05) is 11.9 Å². The average molecular weight is 454 g/mol. The molecule has 1 aromatic heterocycles. The number of rotatable bonds is 10. The summed E-state index contributed by atoms with van der Waals surface area (Å²) >= 11 is 1.68. The highest BCUT2D eigenvalue weighted by molar-refractivity contribution is 7.15. The molecule has 0 fully saturated rings. The lowest BCUT2D eigenvalue weighted by molar-refractivity contribution is -0.149. The van der Waals surface area contributed by atoms with Crippen molar-refractivity contribution in [3.63, 3.8) is 0 Å². The number of nitrogens with one attached hydrogen (secondary N) is 1. The van der Waals surface area contributed by atoms with Crippen LogP contribution in [0.3, 0.4) is 0 Å². The molecule has 32 heavy (non-hydrogen) atoms. The molecule has 1 heterocycles. The van der Waals surface area contributed by atoms with E-state index in [1.807, 2.05) is 48.5 Å². The van der Waals surface area contributed by atoms with E-state index in [0.717, 1.165) is 37.9 Å². The number of carboxylic acids is 1.